The van der Waals surface area contributed by atoms with E-state index in [9.17, 15) is 9.59 Å². The quantitative estimate of drug-likeness (QED) is 0.719. The molecule has 0 bridgehead atoms. The van der Waals surface area contributed by atoms with E-state index in [0.29, 0.717) is 17.1 Å². The second kappa shape index (κ2) is 7.45. The molecule has 0 saturated heterocycles. The van der Waals surface area contributed by atoms with Gasteiger partial charge < -0.3 is 10.1 Å². The van der Waals surface area contributed by atoms with Crippen molar-refractivity contribution in [3.63, 3.8) is 0 Å². The van der Waals surface area contributed by atoms with Crippen LogP contribution in [-0.2, 0) is 0 Å². The number of aryl methyl sites for hydroxylation is 1. The van der Waals surface area contributed by atoms with Gasteiger partial charge >= 0.3 is 0 Å². The smallest absolute Gasteiger partial charge is 0.264 e. The molecule has 2 N–H and O–H groups in total. The minimum absolute atomic E-state index is 0.249. The molecule has 140 valence electrons. The zero-order chi connectivity index (χ0) is 19.6. The Kier molecular flexibility index (Phi) is 5.07. The lowest BCUT2D eigenvalue weighted by Crippen LogP contribution is -2.27. The molecule has 1 amide bonds. The fourth-order valence-corrected chi connectivity index (χ4v) is 2.86. The zero-order valence-electron chi connectivity index (χ0n) is 15.6. The molecule has 27 heavy (non-hydrogen) atoms. The van der Waals surface area contributed by atoms with Gasteiger partial charge in [0.05, 0.1) is 30.6 Å². The Morgan fingerprint density at radius 1 is 1.26 bits per heavy atom. The van der Waals surface area contributed by atoms with Crippen molar-refractivity contribution < 1.29 is 9.53 Å². The summed E-state index contributed by atoms with van der Waals surface area (Å²) in [6, 6.07) is 8.49. The Hall–Kier alpha value is -3.42. The summed E-state index contributed by atoms with van der Waals surface area (Å²) in [7, 11) is 1.61. The fraction of sp³-hybridized carbons (Fsp3) is 0.263. The Labute approximate surface area is 156 Å². The van der Waals surface area contributed by atoms with Gasteiger partial charge in [-0.25, -0.2) is 9.78 Å². The molecule has 0 radical (unpaired) electrons. The summed E-state index contributed by atoms with van der Waals surface area (Å²) in [4.78, 5) is 23.9. The lowest BCUT2D eigenvalue weighted by molar-refractivity contribution is 0.0939. The highest BCUT2D eigenvalue weighted by molar-refractivity contribution is 5.95. The first kappa shape index (κ1) is 18.4. The topological polar surface area (TPSA) is 102 Å². The minimum Gasteiger partial charge on any atom is -0.496 e. The van der Waals surface area contributed by atoms with Crippen LogP contribution in [-0.4, -0.2) is 33.0 Å². The number of ether oxygens (including phenoxy) is 1. The predicted octanol–water partition coefficient (Wildman–Crippen LogP) is 2.07. The van der Waals surface area contributed by atoms with E-state index in [1.54, 1.807) is 20.1 Å². The van der Waals surface area contributed by atoms with Gasteiger partial charge in [-0.05, 0) is 32.9 Å². The standard InChI is InChI=1S/C19H21N5O3/c1-11-5-6-16(27-4)14(9-11)12(2)21-19(26)15-10-20-24(13(15)3)17-7-8-18(25)23-22-17/h5-10,12H,1-4H3,(H,21,26)(H,23,25). The van der Waals surface area contributed by atoms with Crippen molar-refractivity contribution in [2.24, 2.45) is 0 Å². The van der Waals surface area contributed by atoms with Crippen molar-refractivity contribution in [1.82, 2.24) is 25.3 Å². The lowest BCUT2D eigenvalue weighted by atomic mass is 10.0. The van der Waals surface area contributed by atoms with Crippen LogP contribution >= 0.6 is 0 Å². The Morgan fingerprint density at radius 3 is 2.70 bits per heavy atom. The van der Waals surface area contributed by atoms with Crippen molar-refractivity contribution in [2.75, 3.05) is 7.11 Å². The maximum Gasteiger partial charge on any atom is 0.264 e. The van der Waals surface area contributed by atoms with Gasteiger partial charge in [-0.3, -0.25) is 9.59 Å². The molecule has 3 rings (SSSR count). The number of H-pyrrole nitrogens is 1. The van der Waals surface area contributed by atoms with Gasteiger partial charge in [0.15, 0.2) is 5.82 Å². The number of aromatic amines is 1. The molecule has 0 saturated carbocycles. The predicted molar refractivity (Wildman–Crippen MR) is 100 cm³/mol. The number of aromatic nitrogens is 4. The molecule has 2 aromatic heterocycles. The third-order valence-corrected chi connectivity index (χ3v) is 4.34. The van der Waals surface area contributed by atoms with E-state index in [4.69, 9.17) is 4.74 Å². The second-order valence-electron chi connectivity index (χ2n) is 6.28. The second-order valence-corrected chi connectivity index (χ2v) is 6.28. The summed E-state index contributed by atoms with van der Waals surface area (Å²) in [5, 5.41) is 13.5. The first-order valence-corrected chi connectivity index (χ1v) is 8.47. The van der Waals surface area contributed by atoms with Crippen LogP contribution < -0.4 is 15.6 Å². The number of hydrogen-bond donors (Lipinski definition) is 2. The van der Waals surface area contributed by atoms with Crippen LogP contribution in [0.15, 0.2) is 41.3 Å². The van der Waals surface area contributed by atoms with Gasteiger partial charge in [0.25, 0.3) is 11.5 Å². The van der Waals surface area contributed by atoms with E-state index in [-0.39, 0.29) is 17.5 Å². The van der Waals surface area contributed by atoms with Crippen molar-refractivity contribution in [2.45, 2.75) is 26.8 Å². The van der Waals surface area contributed by atoms with Crippen LogP contribution in [0.5, 0.6) is 5.75 Å². The molecule has 1 aromatic carbocycles. The molecule has 0 aliphatic carbocycles. The number of hydrogen-bond acceptors (Lipinski definition) is 5. The average Bonchev–Trinajstić information content (AvgIpc) is 3.04. The fourth-order valence-electron chi connectivity index (χ4n) is 2.86. The Balaban J connectivity index is 1.84. The van der Waals surface area contributed by atoms with E-state index in [2.05, 4.69) is 20.6 Å². The zero-order valence-corrected chi connectivity index (χ0v) is 15.6. The average molecular weight is 367 g/mol. The summed E-state index contributed by atoms with van der Waals surface area (Å²) >= 11 is 0. The summed E-state index contributed by atoms with van der Waals surface area (Å²) in [5.74, 6) is 0.900. The summed E-state index contributed by atoms with van der Waals surface area (Å²) in [6.07, 6.45) is 1.48. The molecule has 1 unspecified atom stereocenters. The normalized spacial score (nSPS) is 11.9. The van der Waals surface area contributed by atoms with Crippen LogP contribution in [0.25, 0.3) is 5.82 Å². The van der Waals surface area contributed by atoms with Crippen molar-refractivity contribution in [1.29, 1.82) is 0 Å². The number of rotatable bonds is 5. The third kappa shape index (κ3) is 3.74. The number of methoxy groups -OCH3 is 1. The summed E-state index contributed by atoms with van der Waals surface area (Å²) < 4.78 is 6.90. The minimum atomic E-state index is -0.303. The highest BCUT2D eigenvalue weighted by Gasteiger charge is 2.20. The highest BCUT2D eigenvalue weighted by Crippen LogP contribution is 2.26. The Morgan fingerprint density at radius 2 is 2.04 bits per heavy atom. The van der Waals surface area contributed by atoms with Crippen LogP contribution in [0.4, 0.5) is 0 Å². The molecule has 0 aliphatic rings. The van der Waals surface area contributed by atoms with Crippen molar-refractivity contribution >= 4 is 5.91 Å². The van der Waals surface area contributed by atoms with Gasteiger partial charge in [-0.2, -0.15) is 10.2 Å². The van der Waals surface area contributed by atoms with Crippen molar-refractivity contribution in [3.8, 4) is 11.6 Å². The molecule has 0 aliphatic heterocycles. The molecule has 0 fully saturated rings. The Bertz CT molecular complexity index is 1020. The molecule has 8 heteroatoms. The molecule has 1 atom stereocenters. The molecule has 0 spiro atoms. The van der Waals surface area contributed by atoms with Gasteiger partial charge in [0, 0.05) is 11.6 Å². The van der Waals surface area contributed by atoms with Crippen LogP contribution in [0, 0.1) is 13.8 Å². The largest absolute Gasteiger partial charge is 0.496 e. The van der Waals surface area contributed by atoms with Gasteiger partial charge in [-0.15, -0.1) is 0 Å². The van der Waals surface area contributed by atoms with Crippen LogP contribution in [0.3, 0.4) is 0 Å². The van der Waals surface area contributed by atoms with E-state index in [1.165, 1.54) is 16.9 Å². The summed E-state index contributed by atoms with van der Waals surface area (Å²) in [5.41, 5.74) is 2.73. The van der Waals surface area contributed by atoms with Gasteiger partial charge in [0.1, 0.15) is 5.75 Å². The van der Waals surface area contributed by atoms with E-state index in [1.807, 2.05) is 32.0 Å². The maximum atomic E-state index is 12.7. The number of nitrogens with one attached hydrogen (secondary N) is 2. The van der Waals surface area contributed by atoms with Gasteiger partial charge in [-0.1, -0.05) is 17.7 Å². The van der Waals surface area contributed by atoms with Crippen molar-refractivity contribution in [3.05, 3.63) is 69.3 Å². The molecular weight excluding hydrogens is 346 g/mol. The van der Waals surface area contributed by atoms with E-state index in [0.717, 1.165) is 16.9 Å². The van der Waals surface area contributed by atoms with Crippen LogP contribution in [0.1, 0.15) is 40.1 Å². The van der Waals surface area contributed by atoms with Gasteiger partial charge in [0.2, 0.25) is 0 Å². The number of nitrogens with zero attached hydrogens (tertiary/aromatic N) is 3. The van der Waals surface area contributed by atoms with E-state index < -0.39 is 0 Å². The monoisotopic (exact) mass is 367 g/mol. The van der Waals surface area contributed by atoms with E-state index >= 15 is 0 Å². The number of benzene rings is 1. The summed E-state index contributed by atoms with van der Waals surface area (Å²) in [6.45, 7) is 5.66. The molecule has 8 nitrogen and oxygen atoms in total. The number of carbonyl (C=O) groups is 1. The molecule has 3 aromatic rings. The first-order chi connectivity index (χ1) is 12.9. The molecular formula is C19H21N5O3. The first-order valence-electron chi connectivity index (χ1n) is 8.47. The number of amides is 1. The van der Waals surface area contributed by atoms with Crippen LogP contribution in [0.2, 0.25) is 0 Å². The third-order valence-electron chi connectivity index (χ3n) is 4.34. The number of carbonyl (C=O) groups excluding carboxylic acids is 1. The SMILES string of the molecule is COc1ccc(C)cc1C(C)NC(=O)c1cnn(-c2ccc(=O)[nH]n2)c1C. The maximum absolute atomic E-state index is 12.7. The molecule has 2 heterocycles. The lowest BCUT2D eigenvalue weighted by Gasteiger charge is -2.18. The highest BCUT2D eigenvalue weighted by atomic mass is 16.5.